The van der Waals surface area contributed by atoms with Gasteiger partial charge in [-0.2, -0.15) is 0 Å². The van der Waals surface area contributed by atoms with Crippen molar-refractivity contribution in [3.63, 3.8) is 0 Å². The first-order chi connectivity index (χ1) is 6.90. The lowest BCUT2D eigenvalue weighted by Crippen LogP contribution is -2.27. The van der Waals surface area contributed by atoms with Gasteiger partial charge in [0.05, 0.1) is 12.3 Å². The molecule has 1 aliphatic rings. The molecule has 1 aromatic rings. The predicted molar refractivity (Wildman–Crippen MR) is 54.8 cm³/mol. The Morgan fingerprint density at radius 1 is 1.50 bits per heavy atom. The van der Waals surface area contributed by atoms with Crippen molar-refractivity contribution in [1.29, 1.82) is 0 Å². The highest BCUT2D eigenvalue weighted by molar-refractivity contribution is 5.18. The minimum absolute atomic E-state index is 0.0994. The van der Waals surface area contributed by atoms with Gasteiger partial charge >= 0.3 is 0 Å². The van der Waals surface area contributed by atoms with Crippen LogP contribution >= 0.6 is 0 Å². The van der Waals surface area contributed by atoms with Crippen molar-refractivity contribution < 1.29 is 5.11 Å². The van der Waals surface area contributed by atoms with Gasteiger partial charge in [-0.05, 0) is 37.1 Å². The molecule has 0 saturated carbocycles. The Bertz CT molecular complexity index is 295. The van der Waals surface area contributed by atoms with Crippen LogP contribution in [-0.2, 0) is 6.61 Å². The standard InChI is InChI=1S/C11H16N2O/c14-8-9-4-6-13-11(7-9)10-3-1-2-5-12-10/h4,6-7,10,12,14H,1-3,5,8H2. The van der Waals surface area contributed by atoms with Crippen LogP contribution < -0.4 is 5.32 Å². The zero-order valence-corrected chi connectivity index (χ0v) is 8.24. The lowest BCUT2D eigenvalue weighted by Gasteiger charge is -2.23. The van der Waals surface area contributed by atoms with Crippen molar-refractivity contribution in [3.05, 3.63) is 29.6 Å². The first kappa shape index (κ1) is 9.62. The molecular weight excluding hydrogens is 176 g/mol. The highest BCUT2D eigenvalue weighted by Crippen LogP contribution is 2.21. The monoisotopic (exact) mass is 192 g/mol. The molecule has 3 nitrogen and oxygen atoms in total. The smallest absolute Gasteiger partial charge is 0.0683 e. The van der Waals surface area contributed by atoms with Crippen molar-refractivity contribution in [3.8, 4) is 0 Å². The summed E-state index contributed by atoms with van der Waals surface area (Å²) in [5.74, 6) is 0. The maximum absolute atomic E-state index is 9.01. The third kappa shape index (κ3) is 2.11. The van der Waals surface area contributed by atoms with Crippen molar-refractivity contribution in [2.24, 2.45) is 0 Å². The number of aliphatic hydroxyl groups excluding tert-OH is 1. The Hall–Kier alpha value is -0.930. The predicted octanol–water partition coefficient (Wildman–Crippen LogP) is 1.39. The van der Waals surface area contributed by atoms with Gasteiger partial charge < -0.3 is 10.4 Å². The fourth-order valence-corrected chi connectivity index (χ4v) is 1.89. The minimum atomic E-state index is 0.0994. The SMILES string of the molecule is OCc1ccnc(C2CCCCN2)c1. The molecule has 2 rings (SSSR count). The van der Waals surface area contributed by atoms with Gasteiger partial charge in [0, 0.05) is 12.2 Å². The summed E-state index contributed by atoms with van der Waals surface area (Å²) in [5.41, 5.74) is 2.01. The molecular formula is C11H16N2O. The summed E-state index contributed by atoms with van der Waals surface area (Å²) in [6, 6.07) is 4.23. The Morgan fingerprint density at radius 3 is 3.14 bits per heavy atom. The van der Waals surface area contributed by atoms with Crippen LogP contribution in [0.25, 0.3) is 0 Å². The van der Waals surface area contributed by atoms with Crippen LogP contribution in [0, 0.1) is 0 Å². The number of piperidine rings is 1. The third-order valence-electron chi connectivity index (χ3n) is 2.70. The molecule has 0 radical (unpaired) electrons. The van der Waals surface area contributed by atoms with Crippen LogP contribution in [-0.4, -0.2) is 16.6 Å². The molecule has 3 heteroatoms. The van der Waals surface area contributed by atoms with Crippen molar-refractivity contribution >= 4 is 0 Å². The number of nitrogens with zero attached hydrogens (tertiary/aromatic N) is 1. The summed E-state index contributed by atoms with van der Waals surface area (Å²) in [4.78, 5) is 4.34. The molecule has 2 heterocycles. The highest BCUT2D eigenvalue weighted by Gasteiger charge is 2.15. The number of nitrogens with one attached hydrogen (secondary N) is 1. The van der Waals surface area contributed by atoms with E-state index >= 15 is 0 Å². The van der Waals surface area contributed by atoms with Crippen molar-refractivity contribution in [2.45, 2.75) is 31.9 Å². The fraction of sp³-hybridized carbons (Fsp3) is 0.545. The number of hydrogen-bond donors (Lipinski definition) is 2. The maximum atomic E-state index is 9.01. The van der Waals surface area contributed by atoms with E-state index in [9.17, 15) is 0 Å². The summed E-state index contributed by atoms with van der Waals surface area (Å²) in [6.45, 7) is 1.18. The van der Waals surface area contributed by atoms with Gasteiger partial charge in [0.25, 0.3) is 0 Å². The third-order valence-corrected chi connectivity index (χ3v) is 2.70. The van der Waals surface area contributed by atoms with Crippen LogP contribution in [0.2, 0.25) is 0 Å². The summed E-state index contributed by atoms with van der Waals surface area (Å²) in [7, 11) is 0. The number of pyridine rings is 1. The van der Waals surface area contributed by atoms with Crippen LogP contribution in [0.5, 0.6) is 0 Å². The average molecular weight is 192 g/mol. The molecule has 0 amide bonds. The van der Waals surface area contributed by atoms with Gasteiger partial charge in [-0.1, -0.05) is 6.42 Å². The zero-order chi connectivity index (χ0) is 9.80. The van der Waals surface area contributed by atoms with E-state index in [2.05, 4.69) is 10.3 Å². The summed E-state index contributed by atoms with van der Waals surface area (Å²) < 4.78 is 0. The molecule has 1 aliphatic heterocycles. The van der Waals surface area contributed by atoms with Gasteiger partial charge in [0.1, 0.15) is 0 Å². The molecule has 0 bridgehead atoms. The molecule has 0 aromatic carbocycles. The molecule has 76 valence electrons. The van der Waals surface area contributed by atoms with E-state index in [0.29, 0.717) is 6.04 Å². The van der Waals surface area contributed by atoms with Gasteiger partial charge in [-0.15, -0.1) is 0 Å². The Kier molecular flexibility index (Phi) is 3.11. The summed E-state index contributed by atoms with van der Waals surface area (Å²) in [6.07, 6.45) is 5.46. The zero-order valence-electron chi connectivity index (χ0n) is 8.24. The van der Waals surface area contributed by atoms with Gasteiger partial charge in [0.15, 0.2) is 0 Å². The first-order valence-electron chi connectivity index (χ1n) is 5.19. The second-order valence-electron chi connectivity index (χ2n) is 3.75. The lowest BCUT2D eigenvalue weighted by atomic mass is 10.0. The van der Waals surface area contributed by atoms with Gasteiger partial charge in [-0.25, -0.2) is 0 Å². The molecule has 1 atom stereocenters. The Balaban J connectivity index is 2.13. The normalized spacial score (nSPS) is 22.2. The topological polar surface area (TPSA) is 45.2 Å². The Labute approximate surface area is 84.2 Å². The molecule has 14 heavy (non-hydrogen) atoms. The molecule has 2 N–H and O–H groups in total. The maximum Gasteiger partial charge on any atom is 0.0683 e. The average Bonchev–Trinajstić information content (AvgIpc) is 2.30. The molecule has 0 spiro atoms. The van der Waals surface area contributed by atoms with Crippen molar-refractivity contribution in [1.82, 2.24) is 10.3 Å². The largest absolute Gasteiger partial charge is 0.392 e. The van der Waals surface area contributed by atoms with E-state index in [0.717, 1.165) is 24.2 Å². The second kappa shape index (κ2) is 4.53. The quantitative estimate of drug-likeness (QED) is 0.744. The Morgan fingerprint density at radius 2 is 2.43 bits per heavy atom. The van der Waals surface area contributed by atoms with E-state index in [4.69, 9.17) is 5.11 Å². The minimum Gasteiger partial charge on any atom is -0.392 e. The summed E-state index contributed by atoms with van der Waals surface area (Å²) >= 11 is 0. The van der Waals surface area contributed by atoms with Gasteiger partial charge in [-0.3, -0.25) is 4.98 Å². The molecule has 1 saturated heterocycles. The molecule has 1 fully saturated rings. The number of aromatic nitrogens is 1. The van der Waals surface area contributed by atoms with Crippen LogP contribution in [0.3, 0.4) is 0 Å². The van der Waals surface area contributed by atoms with Crippen LogP contribution in [0.1, 0.15) is 36.6 Å². The lowest BCUT2D eigenvalue weighted by molar-refractivity contribution is 0.281. The first-order valence-corrected chi connectivity index (χ1v) is 5.19. The van der Waals surface area contributed by atoms with Crippen LogP contribution in [0.4, 0.5) is 0 Å². The fourth-order valence-electron chi connectivity index (χ4n) is 1.89. The number of hydrogen-bond acceptors (Lipinski definition) is 3. The second-order valence-corrected chi connectivity index (χ2v) is 3.75. The van der Waals surface area contributed by atoms with Crippen LogP contribution in [0.15, 0.2) is 18.3 Å². The highest BCUT2D eigenvalue weighted by atomic mass is 16.3. The molecule has 0 aliphatic carbocycles. The number of rotatable bonds is 2. The molecule has 1 aromatic heterocycles. The van der Waals surface area contributed by atoms with Gasteiger partial charge in [0.2, 0.25) is 0 Å². The van der Waals surface area contributed by atoms with E-state index < -0.39 is 0 Å². The van der Waals surface area contributed by atoms with Crippen molar-refractivity contribution in [2.75, 3.05) is 6.54 Å². The van der Waals surface area contributed by atoms with E-state index in [1.54, 1.807) is 6.20 Å². The number of aliphatic hydroxyl groups is 1. The van der Waals surface area contributed by atoms with E-state index in [1.807, 2.05) is 12.1 Å². The molecule has 1 unspecified atom stereocenters. The van der Waals surface area contributed by atoms with E-state index in [1.165, 1.54) is 12.8 Å². The summed E-state index contributed by atoms with van der Waals surface area (Å²) in [5, 5.41) is 12.5. The van der Waals surface area contributed by atoms with E-state index in [-0.39, 0.29) is 6.61 Å².